The summed E-state index contributed by atoms with van der Waals surface area (Å²) in [4.78, 5) is 25.1. The molecule has 1 aliphatic rings. The van der Waals surface area contributed by atoms with Crippen LogP contribution in [0.2, 0.25) is 0 Å². The van der Waals surface area contributed by atoms with Crippen molar-refractivity contribution in [2.45, 2.75) is 24.6 Å². The van der Waals surface area contributed by atoms with Crippen molar-refractivity contribution in [2.24, 2.45) is 0 Å². The monoisotopic (exact) mass is 311 g/mol. The first-order chi connectivity index (χ1) is 9.73. The molecule has 0 saturated carbocycles. The number of aliphatic carboxylic acids is 1. The third-order valence-electron chi connectivity index (χ3n) is 3.79. The van der Waals surface area contributed by atoms with Crippen LogP contribution in [0.1, 0.15) is 24.1 Å². The van der Waals surface area contributed by atoms with E-state index in [0.29, 0.717) is 12.0 Å². The number of sulfone groups is 1. The third-order valence-corrected chi connectivity index (χ3v) is 5.28. The molecule has 0 spiro atoms. The quantitative estimate of drug-likeness (QED) is 0.884. The van der Waals surface area contributed by atoms with E-state index in [9.17, 15) is 23.1 Å². The van der Waals surface area contributed by atoms with Gasteiger partial charge in [0.05, 0.1) is 0 Å². The molecule has 114 valence electrons. The lowest BCUT2D eigenvalue weighted by atomic mass is 9.92. The number of carboxylic acid groups (broad SMARTS) is 1. The van der Waals surface area contributed by atoms with Gasteiger partial charge >= 0.3 is 5.97 Å². The van der Waals surface area contributed by atoms with Gasteiger partial charge in [0.15, 0.2) is 15.9 Å². The number of fused-ring (bicyclic) bond motifs is 1. The second kappa shape index (κ2) is 5.48. The van der Waals surface area contributed by atoms with Gasteiger partial charge < -0.3 is 10.0 Å². The van der Waals surface area contributed by atoms with Gasteiger partial charge in [-0.15, -0.1) is 0 Å². The van der Waals surface area contributed by atoms with Crippen LogP contribution in [0.15, 0.2) is 24.3 Å². The molecule has 7 heteroatoms. The van der Waals surface area contributed by atoms with Crippen LogP contribution in [-0.4, -0.2) is 48.4 Å². The number of hydrogen-bond donors (Lipinski definition) is 1. The molecule has 1 aliphatic heterocycles. The summed E-state index contributed by atoms with van der Waals surface area (Å²) in [5.74, 6) is -1.82. The molecule has 1 heterocycles. The molecule has 2 rings (SSSR count). The van der Waals surface area contributed by atoms with E-state index in [-0.39, 0.29) is 6.54 Å². The zero-order valence-corrected chi connectivity index (χ0v) is 12.6. The molecule has 0 fully saturated rings. The molecule has 2 atom stereocenters. The Balaban J connectivity index is 2.42. The summed E-state index contributed by atoms with van der Waals surface area (Å²) < 4.78 is 23.1. The van der Waals surface area contributed by atoms with Crippen molar-refractivity contribution in [1.29, 1.82) is 0 Å². The molecule has 1 aromatic carbocycles. The fourth-order valence-corrected chi connectivity index (χ4v) is 2.99. The van der Waals surface area contributed by atoms with E-state index in [0.717, 1.165) is 16.7 Å². The summed E-state index contributed by atoms with van der Waals surface area (Å²) in [6.07, 6.45) is 1.49. The third kappa shape index (κ3) is 2.92. The van der Waals surface area contributed by atoms with Crippen molar-refractivity contribution in [3.63, 3.8) is 0 Å². The van der Waals surface area contributed by atoms with Crippen molar-refractivity contribution >= 4 is 21.7 Å². The Labute approximate surface area is 123 Å². The summed E-state index contributed by atoms with van der Waals surface area (Å²) in [5.41, 5.74) is 1.42. The summed E-state index contributed by atoms with van der Waals surface area (Å²) in [6.45, 7) is 1.49. The van der Waals surface area contributed by atoms with Crippen molar-refractivity contribution in [3.05, 3.63) is 35.4 Å². The van der Waals surface area contributed by atoms with E-state index in [1.165, 1.54) is 6.92 Å². The molecule has 1 amide bonds. The van der Waals surface area contributed by atoms with Crippen LogP contribution in [0.4, 0.5) is 0 Å². The Kier molecular flexibility index (Phi) is 4.04. The van der Waals surface area contributed by atoms with Gasteiger partial charge in [0, 0.05) is 12.8 Å². The lowest BCUT2D eigenvalue weighted by molar-refractivity contribution is -0.151. The average molecular weight is 311 g/mol. The molecule has 1 aromatic rings. The van der Waals surface area contributed by atoms with Gasteiger partial charge in [0.25, 0.3) is 0 Å². The minimum atomic E-state index is -3.56. The molecule has 0 bridgehead atoms. The van der Waals surface area contributed by atoms with E-state index >= 15 is 0 Å². The fourth-order valence-electron chi connectivity index (χ4n) is 2.49. The van der Waals surface area contributed by atoms with Crippen molar-refractivity contribution in [2.75, 3.05) is 12.8 Å². The number of carbonyl (C=O) groups excluding carboxylic acids is 1. The van der Waals surface area contributed by atoms with Crippen LogP contribution < -0.4 is 0 Å². The van der Waals surface area contributed by atoms with E-state index in [2.05, 4.69) is 0 Å². The highest BCUT2D eigenvalue weighted by atomic mass is 32.2. The molecule has 2 unspecified atom stereocenters. The van der Waals surface area contributed by atoms with E-state index in [1.807, 2.05) is 12.1 Å². The average Bonchev–Trinajstić information content (AvgIpc) is 2.43. The van der Waals surface area contributed by atoms with Crippen LogP contribution >= 0.6 is 0 Å². The number of amides is 1. The molecule has 1 N–H and O–H groups in total. The van der Waals surface area contributed by atoms with Crippen molar-refractivity contribution in [1.82, 2.24) is 4.90 Å². The van der Waals surface area contributed by atoms with Crippen LogP contribution in [0.25, 0.3) is 0 Å². The summed E-state index contributed by atoms with van der Waals surface area (Å²) >= 11 is 0. The summed E-state index contributed by atoms with van der Waals surface area (Å²) in [6, 6.07) is 5.88. The van der Waals surface area contributed by atoms with Gasteiger partial charge in [-0.1, -0.05) is 24.3 Å². The lowest BCUT2D eigenvalue weighted by Crippen LogP contribution is -2.48. The number of carboxylic acids is 1. The normalized spacial score (nSPS) is 19.7. The molecule has 0 aliphatic carbocycles. The zero-order chi connectivity index (χ0) is 15.8. The van der Waals surface area contributed by atoms with Gasteiger partial charge in [-0.2, -0.15) is 0 Å². The number of rotatable bonds is 3. The maximum atomic E-state index is 12.4. The first kappa shape index (κ1) is 15.5. The van der Waals surface area contributed by atoms with Crippen molar-refractivity contribution in [3.8, 4) is 0 Å². The molecule has 6 nitrogen and oxygen atoms in total. The Morgan fingerprint density at radius 3 is 2.52 bits per heavy atom. The van der Waals surface area contributed by atoms with E-state index in [1.54, 1.807) is 12.1 Å². The Morgan fingerprint density at radius 2 is 1.95 bits per heavy atom. The van der Waals surface area contributed by atoms with Crippen LogP contribution in [0.5, 0.6) is 0 Å². The predicted octanol–water partition coefficient (Wildman–Crippen LogP) is 0.630. The molecule has 0 radical (unpaired) electrons. The first-order valence-corrected chi connectivity index (χ1v) is 8.49. The SMILES string of the molecule is CC(C(=O)N1CCc2ccccc2C1C(=O)O)S(C)(=O)=O. The number of carbonyl (C=O) groups is 2. The maximum Gasteiger partial charge on any atom is 0.331 e. The molecule has 0 aromatic heterocycles. The molecule has 0 saturated heterocycles. The van der Waals surface area contributed by atoms with Gasteiger partial charge in [-0.3, -0.25) is 4.79 Å². The molecular formula is C14H17NO5S. The van der Waals surface area contributed by atoms with Gasteiger partial charge in [-0.05, 0) is 24.5 Å². The molecular weight excluding hydrogens is 294 g/mol. The highest BCUT2D eigenvalue weighted by molar-refractivity contribution is 7.92. The van der Waals surface area contributed by atoms with Crippen LogP contribution in [0, 0.1) is 0 Å². The van der Waals surface area contributed by atoms with Crippen LogP contribution in [0.3, 0.4) is 0 Å². The van der Waals surface area contributed by atoms with Gasteiger partial charge in [0.2, 0.25) is 5.91 Å². The topological polar surface area (TPSA) is 91.8 Å². The van der Waals surface area contributed by atoms with Gasteiger partial charge in [0.1, 0.15) is 5.25 Å². The second-order valence-corrected chi connectivity index (χ2v) is 7.56. The van der Waals surface area contributed by atoms with Crippen LogP contribution in [-0.2, 0) is 25.8 Å². The summed E-state index contributed by atoms with van der Waals surface area (Å²) in [5, 5.41) is 8.20. The fraction of sp³-hybridized carbons (Fsp3) is 0.429. The number of hydrogen-bond acceptors (Lipinski definition) is 4. The minimum absolute atomic E-state index is 0.201. The number of nitrogens with zero attached hydrogens (tertiary/aromatic N) is 1. The summed E-state index contributed by atoms with van der Waals surface area (Å²) in [7, 11) is -3.56. The Morgan fingerprint density at radius 1 is 1.33 bits per heavy atom. The molecule has 21 heavy (non-hydrogen) atoms. The smallest absolute Gasteiger partial charge is 0.331 e. The Hall–Kier alpha value is -1.89. The highest BCUT2D eigenvalue weighted by Crippen LogP contribution is 2.30. The zero-order valence-electron chi connectivity index (χ0n) is 11.8. The lowest BCUT2D eigenvalue weighted by Gasteiger charge is -2.35. The predicted molar refractivity (Wildman–Crippen MR) is 76.5 cm³/mol. The number of benzene rings is 1. The standard InChI is InChI=1S/C14H17NO5S/c1-9(21(2,19)20)13(16)15-8-7-10-5-3-4-6-11(10)12(15)14(17)18/h3-6,9,12H,7-8H2,1-2H3,(H,17,18). The largest absolute Gasteiger partial charge is 0.479 e. The second-order valence-electron chi connectivity index (χ2n) is 5.19. The maximum absolute atomic E-state index is 12.4. The van der Waals surface area contributed by atoms with E-state index < -0.39 is 33.0 Å². The van der Waals surface area contributed by atoms with Gasteiger partial charge in [-0.25, -0.2) is 13.2 Å². The minimum Gasteiger partial charge on any atom is -0.479 e. The van der Waals surface area contributed by atoms with E-state index in [4.69, 9.17) is 0 Å². The highest BCUT2D eigenvalue weighted by Gasteiger charge is 2.39. The Bertz CT molecular complexity index is 682. The first-order valence-electron chi connectivity index (χ1n) is 6.53. The van der Waals surface area contributed by atoms with Crippen molar-refractivity contribution < 1.29 is 23.1 Å².